The van der Waals surface area contributed by atoms with Crippen LogP contribution in [0.25, 0.3) is 11.1 Å². The third-order valence-electron chi connectivity index (χ3n) is 5.62. The fraction of sp³-hybridized carbons (Fsp3) is 0.400. The molecule has 1 heterocycles. The Bertz CT molecular complexity index is 917. The molecule has 146 valence electrons. The van der Waals surface area contributed by atoms with E-state index in [1.807, 2.05) is 36.4 Å². The van der Waals surface area contributed by atoms with Crippen LogP contribution in [0.1, 0.15) is 18.4 Å². The zero-order chi connectivity index (χ0) is 18.4. The first-order chi connectivity index (χ1) is 12.4. The van der Waals surface area contributed by atoms with Crippen LogP contribution in [-0.2, 0) is 16.4 Å². The van der Waals surface area contributed by atoms with Gasteiger partial charge in [0.05, 0.1) is 6.26 Å². The molecule has 2 fully saturated rings. The molecule has 1 spiro atoms. The summed E-state index contributed by atoms with van der Waals surface area (Å²) in [5.74, 6) is -0.227. The maximum atomic E-state index is 15.1. The van der Waals surface area contributed by atoms with Crippen LogP contribution >= 0.6 is 12.4 Å². The molecule has 1 aliphatic carbocycles. The van der Waals surface area contributed by atoms with Crippen LogP contribution in [0.2, 0.25) is 0 Å². The van der Waals surface area contributed by atoms with Crippen LogP contribution in [0.5, 0.6) is 0 Å². The Morgan fingerprint density at radius 3 is 2.48 bits per heavy atom. The second kappa shape index (κ2) is 7.51. The number of sulfonamides is 1. The van der Waals surface area contributed by atoms with E-state index in [2.05, 4.69) is 10.0 Å². The highest BCUT2D eigenvalue weighted by Crippen LogP contribution is 2.52. The summed E-state index contributed by atoms with van der Waals surface area (Å²) in [4.78, 5) is 0. The summed E-state index contributed by atoms with van der Waals surface area (Å²) in [5.41, 5.74) is 2.04. The molecule has 1 saturated carbocycles. The molecule has 0 radical (unpaired) electrons. The molecule has 0 unspecified atom stereocenters. The lowest BCUT2D eigenvalue weighted by Gasteiger charge is -2.24. The zero-order valence-electron chi connectivity index (χ0n) is 15.1. The standard InChI is InChI=1S/C20H23FN2O2S.ClH/c1-26(24,25)23-19-17(22-13-20(19)10-11-20)12-15-8-5-9-16(18(15)21)14-6-3-2-4-7-14;/h2-9,17,19,22-23H,10-13H2,1H3;1H/t17-,19+;/m0./s1. The molecule has 2 N–H and O–H groups in total. The van der Waals surface area contributed by atoms with Gasteiger partial charge in [-0.25, -0.2) is 17.5 Å². The van der Waals surface area contributed by atoms with Gasteiger partial charge in [0.1, 0.15) is 5.82 Å². The van der Waals surface area contributed by atoms with E-state index in [4.69, 9.17) is 0 Å². The van der Waals surface area contributed by atoms with E-state index in [1.165, 1.54) is 6.26 Å². The summed E-state index contributed by atoms with van der Waals surface area (Å²) in [6, 6.07) is 14.6. The number of hydrogen-bond acceptors (Lipinski definition) is 3. The van der Waals surface area contributed by atoms with Gasteiger partial charge in [0.15, 0.2) is 0 Å². The number of hydrogen-bond donors (Lipinski definition) is 2. The van der Waals surface area contributed by atoms with Gasteiger partial charge < -0.3 is 5.32 Å². The second-order valence-electron chi connectivity index (χ2n) is 7.57. The van der Waals surface area contributed by atoms with Crippen molar-refractivity contribution in [3.05, 3.63) is 59.9 Å². The van der Waals surface area contributed by atoms with E-state index >= 15 is 4.39 Å². The third kappa shape index (κ3) is 4.19. The first-order valence-corrected chi connectivity index (χ1v) is 10.8. The number of halogens is 2. The summed E-state index contributed by atoms with van der Waals surface area (Å²) in [5, 5.41) is 3.42. The molecular formula is C20H24ClFN2O2S. The van der Waals surface area contributed by atoms with Gasteiger partial charge in [-0.1, -0.05) is 48.5 Å². The van der Waals surface area contributed by atoms with E-state index in [0.29, 0.717) is 17.5 Å². The fourth-order valence-electron chi connectivity index (χ4n) is 4.08. The molecule has 1 saturated heterocycles. The minimum atomic E-state index is -3.31. The lowest BCUT2D eigenvalue weighted by atomic mass is 9.91. The van der Waals surface area contributed by atoms with Crippen LogP contribution in [0.4, 0.5) is 4.39 Å². The molecule has 4 nitrogen and oxygen atoms in total. The van der Waals surface area contributed by atoms with E-state index in [1.54, 1.807) is 12.1 Å². The smallest absolute Gasteiger partial charge is 0.209 e. The first-order valence-electron chi connectivity index (χ1n) is 8.91. The molecule has 2 atom stereocenters. The normalized spacial score (nSPS) is 23.2. The first kappa shape index (κ1) is 20.3. The number of rotatable bonds is 5. The Morgan fingerprint density at radius 1 is 1.15 bits per heavy atom. The predicted octanol–water partition coefficient (Wildman–Crippen LogP) is 3.13. The molecular weight excluding hydrogens is 387 g/mol. The number of nitrogens with one attached hydrogen (secondary N) is 2. The van der Waals surface area contributed by atoms with Crippen molar-refractivity contribution in [1.82, 2.24) is 10.0 Å². The Morgan fingerprint density at radius 2 is 1.85 bits per heavy atom. The van der Waals surface area contributed by atoms with Crippen molar-refractivity contribution in [3.8, 4) is 11.1 Å². The van der Waals surface area contributed by atoms with Crippen molar-refractivity contribution in [3.63, 3.8) is 0 Å². The van der Waals surface area contributed by atoms with Crippen molar-refractivity contribution in [2.24, 2.45) is 5.41 Å². The van der Waals surface area contributed by atoms with Crippen LogP contribution in [0, 0.1) is 11.2 Å². The van der Waals surface area contributed by atoms with E-state index < -0.39 is 10.0 Å². The summed E-state index contributed by atoms with van der Waals surface area (Å²) < 4.78 is 41.5. The number of benzene rings is 2. The molecule has 4 rings (SSSR count). The van der Waals surface area contributed by atoms with E-state index in [-0.39, 0.29) is 35.7 Å². The van der Waals surface area contributed by atoms with Gasteiger partial charge in [-0.2, -0.15) is 0 Å². The van der Waals surface area contributed by atoms with Crippen molar-refractivity contribution >= 4 is 22.4 Å². The van der Waals surface area contributed by atoms with Gasteiger partial charge in [-0.05, 0) is 30.4 Å². The highest BCUT2D eigenvalue weighted by Gasteiger charge is 2.56. The third-order valence-corrected chi connectivity index (χ3v) is 6.30. The van der Waals surface area contributed by atoms with Crippen molar-refractivity contribution in [2.45, 2.75) is 31.3 Å². The fourth-order valence-corrected chi connectivity index (χ4v) is 4.96. The molecule has 27 heavy (non-hydrogen) atoms. The van der Waals surface area contributed by atoms with Crippen LogP contribution in [-0.4, -0.2) is 33.3 Å². The predicted molar refractivity (Wildman–Crippen MR) is 108 cm³/mol. The van der Waals surface area contributed by atoms with Gasteiger partial charge in [-0.15, -0.1) is 12.4 Å². The van der Waals surface area contributed by atoms with Gasteiger partial charge in [0.25, 0.3) is 0 Å². The van der Waals surface area contributed by atoms with Crippen molar-refractivity contribution in [2.75, 3.05) is 12.8 Å². The van der Waals surface area contributed by atoms with Crippen LogP contribution < -0.4 is 10.0 Å². The highest BCUT2D eigenvalue weighted by atomic mass is 35.5. The van der Waals surface area contributed by atoms with Gasteiger partial charge in [-0.3, -0.25) is 0 Å². The molecule has 1 aliphatic heterocycles. The quantitative estimate of drug-likeness (QED) is 0.796. The largest absolute Gasteiger partial charge is 0.311 e. The molecule has 0 amide bonds. The lowest BCUT2D eigenvalue weighted by molar-refractivity contribution is 0.407. The van der Waals surface area contributed by atoms with E-state index in [0.717, 1.165) is 24.9 Å². The second-order valence-corrected chi connectivity index (χ2v) is 9.35. The van der Waals surface area contributed by atoms with E-state index in [9.17, 15) is 8.42 Å². The van der Waals surface area contributed by atoms with Crippen LogP contribution in [0.3, 0.4) is 0 Å². The average molecular weight is 411 g/mol. The summed E-state index contributed by atoms with van der Waals surface area (Å²) in [6.07, 6.45) is 3.67. The van der Waals surface area contributed by atoms with Crippen molar-refractivity contribution < 1.29 is 12.8 Å². The summed E-state index contributed by atoms with van der Waals surface area (Å²) >= 11 is 0. The maximum Gasteiger partial charge on any atom is 0.209 e. The van der Waals surface area contributed by atoms with Crippen molar-refractivity contribution in [1.29, 1.82) is 0 Å². The molecule has 7 heteroatoms. The molecule has 2 aromatic rings. The lowest BCUT2D eigenvalue weighted by Crippen LogP contribution is -2.47. The topological polar surface area (TPSA) is 58.2 Å². The molecule has 0 aromatic heterocycles. The summed E-state index contributed by atoms with van der Waals surface area (Å²) in [7, 11) is -3.31. The van der Waals surface area contributed by atoms with Crippen LogP contribution in [0.15, 0.2) is 48.5 Å². The molecule has 2 aromatic carbocycles. The van der Waals surface area contributed by atoms with Gasteiger partial charge >= 0.3 is 0 Å². The monoisotopic (exact) mass is 410 g/mol. The Balaban J connectivity index is 0.00000210. The zero-order valence-corrected chi connectivity index (χ0v) is 16.7. The van der Waals surface area contributed by atoms with Gasteiger partial charge in [0, 0.05) is 29.6 Å². The minimum Gasteiger partial charge on any atom is -0.311 e. The molecule has 2 aliphatic rings. The minimum absolute atomic E-state index is 0. The SMILES string of the molecule is CS(=O)(=O)N[C@@H]1[C@H](Cc2cccc(-c3ccccc3)c2F)NCC12CC2.Cl. The highest BCUT2D eigenvalue weighted by molar-refractivity contribution is 7.88. The Kier molecular flexibility index (Phi) is 5.64. The summed E-state index contributed by atoms with van der Waals surface area (Å²) in [6.45, 7) is 0.783. The maximum absolute atomic E-state index is 15.1. The average Bonchev–Trinajstić information content (AvgIpc) is 3.32. The Labute approximate surface area is 166 Å². The Hall–Kier alpha value is -1.47. The molecule has 0 bridgehead atoms. The van der Waals surface area contributed by atoms with Gasteiger partial charge in [0.2, 0.25) is 10.0 Å².